The zero-order valence-electron chi connectivity index (χ0n) is 15.8. The SMILES string of the molecule is CSCCn1c(=NC(=O)CS(=O)(=O)c2ccc(F)cc2)sc2cc3c(cc21)OCO3. The standard InChI is InChI=1S/C19H17FN2O5S3/c1-28-7-6-22-14-8-15-16(27-11-26-15)9-17(14)29-19(22)21-18(23)10-30(24,25)13-4-2-12(20)3-5-13/h2-5,8-9H,6-7,10-11H2,1H3. The lowest BCUT2D eigenvalue weighted by Crippen LogP contribution is -2.21. The van der Waals surface area contributed by atoms with Gasteiger partial charge in [-0.3, -0.25) is 4.79 Å². The highest BCUT2D eigenvalue weighted by molar-refractivity contribution is 7.98. The van der Waals surface area contributed by atoms with Gasteiger partial charge in [0.2, 0.25) is 6.79 Å². The van der Waals surface area contributed by atoms with Gasteiger partial charge in [0.05, 0.1) is 15.1 Å². The fourth-order valence-corrected chi connectivity index (χ4v) is 5.53. The summed E-state index contributed by atoms with van der Waals surface area (Å²) in [5.74, 6) is -0.102. The first-order valence-electron chi connectivity index (χ1n) is 8.85. The second-order valence-electron chi connectivity index (χ2n) is 6.42. The topological polar surface area (TPSA) is 87.0 Å². The van der Waals surface area contributed by atoms with Gasteiger partial charge in [-0.15, -0.1) is 0 Å². The van der Waals surface area contributed by atoms with E-state index < -0.39 is 27.3 Å². The molecule has 2 heterocycles. The van der Waals surface area contributed by atoms with Gasteiger partial charge in [-0.05, 0) is 30.5 Å². The van der Waals surface area contributed by atoms with Gasteiger partial charge in [0.25, 0.3) is 5.91 Å². The summed E-state index contributed by atoms with van der Waals surface area (Å²) in [6.45, 7) is 0.756. The van der Waals surface area contributed by atoms with E-state index in [2.05, 4.69) is 4.99 Å². The van der Waals surface area contributed by atoms with E-state index in [-0.39, 0.29) is 11.7 Å². The van der Waals surface area contributed by atoms with Crippen molar-refractivity contribution in [1.29, 1.82) is 0 Å². The lowest BCUT2D eigenvalue weighted by Gasteiger charge is -2.05. The van der Waals surface area contributed by atoms with E-state index in [4.69, 9.17) is 9.47 Å². The third-order valence-electron chi connectivity index (χ3n) is 4.40. The minimum absolute atomic E-state index is 0.121. The first kappa shape index (κ1) is 20.9. The molecule has 30 heavy (non-hydrogen) atoms. The zero-order valence-corrected chi connectivity index (χ0v) is 18.3. The highest BCUT2D eigenvalue weighted by atomic mass is 32.2. The number of hydrogen-bond donors (Lipinski definition) is 0. The molecule has 7 nitrogen and oxygen atoms in total. The molecule has 0 saturated heterocycles. The minimum Gasteiger partial charge on any atom is -0.454 e. The Balaban J connectivity index is 1.70. The van der Waals surface area contributed by atoms with Crippen LogP contribution >= 0.6 is 23.1 Å². The Morgan fingerprint density at radius 2 is 1.93 bits per heavy atom. The number of halogens is 1. The smallest absolute Gasteiger partial charge is 0.263 e. The minimum atomic E-state index is -3.92. The summed E-state index contributed by atoms with van der Waals surface area (Å²) >= 11 is 2.92. The van der Waals surface area contributed by atoms with Gasteiger partial charge in [-0.1, -0.05) is 11.3 Å². The maximum atomic E-state index is 13.1. The molecule has 0 unspecified atom stereocenters. The van der Waals surface area contributed by atoms with Crippen molar-refractivity contribution in [1.82, 2.24) is 4.57 Å². The van der Waals surface area contributed by atoms with Gasteiger partial charge in [-0.25, -0.2) is 12.8 Å². The molecule has 0 aliphatic carbocycles. The van der Waals surface area contributed by atoms with Crippen LogP contribution < -0.4 is 14.3 Å². The molecule has 1 aromatic heterocycles. The van der Waals surface area contributed by atoms with Crippen molar-refractivity contribution >= 4 is 49.1 Å². The number of nitrogens with zero attached hydrogens (tertiary/aromatic N) is 2. The largest absolute Gasteiger partial charge is 0.454 e. The number of rotatable bonds is 6. The van der Waals surface area contributed by atoms with Crippen LogP contribution in [0.2, 0.25) is 0 Å². The number of amides is 1. The van der Waals surface area contributed by atoms with Crippen LogP contribution in [-0.2, 0) is 21.2 Å². The van der Waals surface area contributed by atoms with Crippen LogP contribution in [0.3, 0.4) is 0 Å². The molecule has 2 aromatic carbocycles. The highest BCUT2D eigenvalue weighted by Crippen LogP contribution is 2.37. The molecule has 3 aromatic rings. The summed E-state index contributed by atoms with van der Waals surface area (Å²) in [5.41, 5.74) is 0.839. The summed E-state index contributed by atoms with van der Waals surface area (Å²) in [7, 11) is -3.92. The Morgan fingerprint density at radius 3 is 2.63 bits per heavy atom. The number of thioether (sulfide) groups is 1. The third-order valence-corrected chi connectivity index (χ3v) is 7.65. The molecule has 0 fully saturated rings. The zero-order chi connectivity index (χ0) is 21.3. The first-order valence-corrected chi connectivity index (χ1v) is 12.7. The number of carbonyl (C=O) groups is 1. The van der Waals surface area contributed by atoms with Crippen molar-refractivity contribution in [3.63, 3.8) is 0 Å². The van der Waals surface area contributed by atoms with Crippen LogP contribution in [0.4, 0.5) is 4.39 Å². The Bertz CT molecular complexity index is 1280. The van der Waals surface area contributed by atoms with Crippen LogP contribution in [0.5, 0.6) is 11.5 Å². The van der Waals surface area contributed by atoms with E-state index in [1.54, 1.807) is 11.8 Å². The lowest BCUT2D eigenvalue weighted by molar-refractivity contribution is -0.115. The molecule has 0 spiro atoms. The number of sulfone groups is 1. The molecule has 0 atom stereocenters. The molecule has 0 N–H and O–H groups in total. The maximum Gasteiger partial charge on any atom is 0.263 e. The van der Waals surface area contributed by atoms with Gasteiger partial charge in [0, 0.05) is 24.4 Å². The van der Waals surface area contributed by atoms with Crippen molar-refractivity contribution in [3.05, 3.63) is 47.0 Å². The molecule has 0 bridgehead atoms. The van der Waals surface area contributed by atoms with E-state index >= 15 is 0 Å². The Labute approximate surface area is 180 Å². The number of hydrogen-bond acceptors (Lipinski definition) is 7. The molecule has 1 amide bonds. The van der Waals surface area contributed by atoms with E-state index in [1.807, 2.05) is 23.0 Å². The van der Waals surface area contributed by atoms with Crippen molar-refractivity contribution in [2.75, 3.05) is 24.6 Å². The average molecular weight is 469 g/mol. The highest BCUT2D eigenvalue weighted by Gasteiger charge is 2.21. The Morgan fingerprint density at radius 1 is 1.23 bits per heavy atom. The van der Waals surface area contributed by atoms with Crippen molar-refractivity contribution in [2.45, 2.75) is 11.4 Å². The Kier molecular flexibility index (Phi) is 5.85. The van der Waals surface area contributed by atoms with Crippen LogP contribution in [-0.4, -0.2) is 43.4 Å². The van der Waals surface area contributed by atoms with E-state index in [0.29, 0.717) is 22.8 Å². The first-order chi connectivity index (χ1) is 14.4. The van der Waals surface area contributed by atoms with Crippen LogP contribution in [0.25, 0.3) is 10.2 Å². The molecule has 11 heteroatoms. The Hall–Kier alpha value is -2.37. The van der Waals surface area contributed by atoms with Gasteiger partial charge in [-0.2, -0.15) is 16.8 Å². The number of fused-ring (bicyclic) bond motifs is 2. The van der Waals surface area contributed by atoms with Crippen LogP contribution in [0, 0.1) is 5.82 Å². The van der Waals surface area contributed by atoms with Gasteiger partial charge < -0.3 is 14.0 Å². The molecular weight excluding hydrogens is 451 g/mol. The number of aryl methyl sites for hydroxylation is 1. The summed E-state index contributed by atoms with van der Waals surface area (Å²) in [6, 6.07) is 8.03. The predicted molar refractivity (Wildman–Crippen MR) is 113 cm³/mol. The molecule has 1 aliphatic rings. The molecular formula is C19H17FN2O5S3. The average Bonchev–Trinajstić information content (AvgIpc) is 3.27. The molecule has 0 saturated carbocycles. The summed E-state index contributed by atoms with van der Waals surface area (Å²) in [4.78, 5) is 16.9. The number of carbonyl (C=O) groups excluding carboxylic acids is 1. The molecule has 1 aliphatic heterocycles. The normalized spacial score (nSPS) is 13.9. The van der Waals surface area contributed by atoms with Crippen molar-refractivity contribution < 1.29 is 27.1 Å². The molecule has 0 radical (unpaired) electrons. The predicted octanol–water partition coefficient (Wildman–Crippen LogP) is 2.83. The second-order valence-corrected chi connectivity index (χ2v) is 10.4. The molecule has 158 valence electrons. The maximum absolute atomic E-state index is 13.1. The quantitative estimate of drug-likeness (QED) is 0.517. The summed E-state index contributed by atoms with van der Waals surface area (Å²) in [5, 5.41) is 0. The summed E-state index contributed by atoms with van der Waals surface area (Å²) < 4.78 is 51.6. The monoisotopic (exact) mass is 468 g/mol. The second kappa shape index (κ2) is 8.40. The van der Waals surface area contributed by atoms with Gasteiger partial charge in [0.1, 0.15) is 11.6 Å². The third kappa shape index (κ3) is 4.23. The van der Waals surface area contributed by atoms with E-state index in [1.165, 1.54) is 11.3 Å². The van der Waals surface area contributed by atoms with Crippen molar-refractivity contribution in [3.8, 4) is 11.5 Å². The fourth-order valence-electron chi connectivity index (χ4n) is 2.97. The van der Waals surface area contributed by atoms with E-state index in [0.717, 1.165) is 40.2 Å². The number of ether oxygens (including phenoxy) is 2. The van der Waals surface area contributed by atoms with Crippen LogP contribution in [0.1, 0.15) is 0 Å². The van der Waals surface area contributed by atoms with Crippen molar-refractivity contribution in [2.24, 2.45) is 4.99 Å². The summed E-state index contributed by atoms with van der Waals surface area (Å²) in [6.07, 6.45) is 1.97. The number of thiazole rings is 1. The van der Waals surface area contributed by atoms with Crippen LogP contribution in [0.15, 0.2) is 46.3 Å². The van der Waals surface area contributed by atoms with E-state index in [9.17, 15) is 17.6 Å². The van der Waals surface area contributed by atoms with Gasteiger partial charge in [0.15, 0.2) is 26.1 Å². The number of aromatic nitrogens is 1. The lowest BCUT2D eigenvalue weighted by atomic mass is 10.3. The fraction of sp³-hybridized carbons (Fsp3) is 0.263. The molecule has 4 rings (SSSR count). The number of benzene rings is 2. The van der Waals surface area contributed by atoms with Gasteiger partial charge >= 0.3 is 0 Å².